The van der Waals surface area contributed by atoms with Crippen LogP contribution in [0.5, 0.6) is 0 Å². The van der Waals surface area contributed by atoms with Crippen molar-refractivity contribution in [2.24, 2.45) is 45.3 Å². The molecular formula is C42H72O13. The van der Waals surface area contributed by atoms with Gasteiger partial charge in [-0.3, -0.25) is 0 Å². The summed E-state index contributed by atoms with van der Waals surface area (Å²) in [4.78, 5) is 0. The monoisotopic (exact) mass is 784 g/mol. The molecule has 2 heterocycles. The van der Waals surface area contributed by atoms with Gasteiger partial charge in [0.05, 0.1) is 31.0 Å². The molecule has 4 aliphatic carbocycles. The van der Waals surface area contributed by atoms with E-state index in [9.17, 15) is 46.0 Å². The normalized spacial score (nSPS) is 52.0. The molecule has 6 fully saturated rings. The first-order valence-corrected chi connectivity index (χ1v) is 20.9. The maximum atomic E-state index is 12.2. The van der Waals surface area contributed by atoms with E-state index < -0.39 is 97.8 Å². The minimum atomic E-state index is -1.75. The number of hydrogen-bond donors (Lipinski definition) is 9. The second-order valence-corrected chi connectivity index (χ2v) is 20.1. The molecule has 0 bridgehead atoms. The first kappa shape index (κ1) is 43.8. The average Bonchev–Trinajstić information content (AvgIpc) is 3.50. The van der Waals surface area contributed by atoms with Crippen molar-refractivity contribution in [3.8, 4) is 0 Å². The Labute approximate surface area is 327 Å². The summed E-state index contributed by atoms with van der Waals surface area (Å²) in [5.74, 6) is 0.445. The van der Waals surface area contributed by atoms with Gasteiger partial charge in [0.15, 0.2) is 12.6 Å². The zero-order valence-electron chi connectivity index (χ0n) is 34.3. The zero-order chi connectivity index (χ0) is 40.6. The largest absolute Gasteiger partial charge is 0.394 e. The van der Waals surface area contributed by atoms with E-state index in [0.29, 0.717) is 19.3 Å². The van der Waals surface area contributed by atoms with E-state index in [1.54, 1.807) is 0 Å². The minimum Gasteiger partial charge on any atom is -0.394 e. The number of allylic oxidation sites excluding steroid dienone is 2. The molecule has 6 aliphatic rings. The lowest BCUT2D eigenvalue weighted by molar-refractivity contribution is -0.378. The standard InChI is InChI=1S/C42H72O13/c1-21(2)10-9-14-42(8,51)22-11-16-41(7)29(22)23(45)18-27-39(5)15-13-28(38(3,4)26(39)12-17-40(27,41)6)54-37-35(33(49)31(47)25(20-44)53-37)55-36-34(50)32(48)30(46)24(19-43)52-36/h10,22-37,43-51H,9,11-20H2,1-8H3/t22-,23-,24-,25-,26-,27+,28+,29+,30-,31-,32+,33+,34-,35-,36+,37+,39+,40-,41-,42+/m1/s1. The van der Waals surface area contributed by atoms with E-state index in [2.05, 4.69) is 54.5 Å². The van der Waals surface area contributed by atoms with Gasteiger partial charge in [-0.1, -0.05) is 46.3 Å². The fourth-order valence-electron chi connectivity index (χ4n) is 13.3. The summed E-state index contributed by atoms with van der Waals surface area (Å²) < 4.78 is 24.4. The van der Waals surface area contributed by atoms with Crippen molar-refractivity contribution < 1.29 is 64.9 Å². The summed E-state index contributed by atoms with van der Waals surface area (Å²) in [6.07, 6.45) is -6.48. The van der Waals surface area contributed by atoms with Crippen molar-refractivity contribution in [1.82, 2.24) is 0 Å². The summed E-state index contributed by atoms with van der Waals surface area (Å²) >= 11 is 0. The Morgan fingerprint density at radius 1 is 0.727 bits per heavy atom. The average molecular weight is 785 g/mol. The minimum absolute atomic E-state index is 0.00798. The van der Waals surface area contributed by atoms with Crippen LogP contribution >= 0.6 is 0 Å². The van der Waals surface area contributed by atoms with Gasteiger partial charge in [-0.15, -0.1) is 0 Å². The molecule has 9 N–H and O–H groups in total. The molecule has 0 aromatic heterocycles. The predicted molar refractivity (Wildman–Crippen MR) is 201 cm³/mol. The van der Waals surface area contributed by atoms with Gasteiger partial charge in [-0.05, 0) is 124 Å². The van der Waals surface area contributed by atoms with Crippen molar-refractivity contribution in [3.63, 3.8) is 0 Å². The molecule has 0 unspecified atom stereocenters. The van der Waals surface area contributed by atoms with Crippen molar-refractivity contribution in [2.45, 2.75) is 192 Å². The first-order valence-electron chi connectivity index (χ1n) is 20.9. The molecular weight excluding hydrogens is 712 g/mol. The molecule has 6 rings (SSSR count). The van der Waals surface area contributed by atoms with Crippen LogP contribution in [-0.4, -0.2) is 138 Å². The molecule has 0 amide bonds. The van der Waals surface area contributed by atoms with Gasteiger partial charge >= 0.3 is 0 Å². The topological polar surface area (TPSA) is 219 Å². The van der Waals surface area contributed by atoms with E-state index in [4.69, 9.17) is 18.9 Å². The Kier molecular flexibility index (Phi) is 12.5. The SMILES string of the molecule is CC(C)=CCC[C@](C)(O)[C@@H]1CC[C@]2(C)[C@@H]1[C@H](O)C[C@H]1[C@@]3(C)CC[C@H](O[C@@H]4O[C@H](CO)[C@@H](O)[C@H](O)[C@H]4O[C@@H]4O[C@H](CO)[C@@H](O)[C@H](O)[C@H]4O)C(C)(C)[C@H]3CC[C@]12C. The third-order valence-corrected chi connectivity index (χ3v) is 16.6. The van der Waals surface area contributed by atoms with Crippen LogP contribution in [0.25, 0.3) is 0 Å². The molecule has 0 spiro atoms. The van der Waals surface area contributed by atoms with Crippen LogP contribution in [0.2, 0.25) is 0 Å². The van der Waals surface area contributed by atoms with E-state index in [-0.39, 0.29) is 39.9 Å². The molecule has 13 heteroatoms. The summed E-state index contributed by atoms with van der Waals surface area (Å²) in [6.45, 7) is 16.5. The van der Waals surface area contributed by atoms with Crippen molar-refractivity contribution in [2.75, 3.05) is 13.2 Å². The Bertz CT molecular complexity index is 1370. The highest BCUT2D eigenvalue weighted by molar-refractivity contribution is 5.20. The van der Waals surface area contributed by atoms with Crippen molar-refractivity contribution >= 4 is 0 Å². The number of hydrogen-bond acceptors (Lipinski definition) is 13. The fraction of sp³-hybridized carbons (Fsp3) is 0.952. The quantitative estimate of drug-likeness (QED) is 0.115. The van der Waals surface area contributed by atoms with E-state index in [0.717, 1.165) is 38.5 Å². The molecule has 318 valence electrons. The van der Waals surface area contributed by atoms with Crippen LogP contribution in [0.3, 0.4) is 0 Å². The lowest BCUT2D eigenvalue weighted by Gasteiger charge is -2.70. The van der Waals surface area contributed by atoms with Crippen molar-refractivity contribution in [1.29, 1.82) is 0 Å². The molecule has 2 aliphatic heterocycles. The lowest BCUT2D eigenvalue weighted by atomic mass is 9.35. The van der Waals surface area contributed by atoms with Crippen molar-refractivity contribution in [3.05, 3.63) is 11.6 Å². The molecule has 13 nitrogen and oxygen atoms in total. The number of fused-ring (bicyclic) bond motifs is 5. The van der Waals surface area contributed by atoms with E-state index >= 15 is 0 Å². The van der Waals surface area contributed by atoms with Gasteiger partial charge in [0.25, 0.3) is 0 Å². The van der Waals surface area contributed by atoms with Gasteiger partial charge in [0.1, 0.15) is 48.8 Å². The zero-order valence-corrected chi connectivity index (χ0v) is 34.3. The molecule has 2 saturated heterocycles. The summed E-state index contributed by atoms with van der Waals surface area (Å²) in [7, 11) is 0. The van der Waals surface area contributed by atoms with Crippen LogP contribution in [0, 0.1) is 45.3 Å². The van der Waals surface area contributed by atoms with Crippen LogP contribution in [0.4, 0.5) is 0 Å². The fourth-order valence-corrected chi connectivity index (χ4v) is 13.3. The maximum Gasteiger partial charge on any atom is 0.187 e. The summed E-state index contributed by atoms with van der Waals surface area (Å²) in [5.41, 5.74) is -0.405. The third kappa shape index (κ3) is 7.20. The molecule has 0 aromatic carbocycles. The van der Waals surface area contributed by atoms with Gasteiger partial charge in [-0.25, -0.2) is 0 Å². The van der Waals surface area contributed by atoms with Gasteiger partial charge in [0.2, 0.25) is 0 Å². The van der Waals surface area contributed by atoms with E-state index in [1.807, 2.05) is 6.92 Å². The Morgan fingerprint density at radius 3 is 1.95 bits per heavy atom. The van der Waals surface area contributed by atoms with Gasteiger partial charge in [0, 0.05) is 0 Å². The van der Waals surface area contributed by atoms with Crippen LogP contribution in [-0.2, 0) is 18.9 Å². The Balaban J connectivity index is 1.23. The second-order valence-electron chi connectivity index (χ2n) is 20.1. The smallest absolute Gasteiger partial charge is 0.187 e. The van der Waals surface area contributed by atoms with Gasteiger partial charge in [-0.2, -0.15) is 0 Å². The second kappa shape index (κ2) is 15.7. The molecule has 0 radical (unpaired) electrons. The number of ether oxygens (including phenoxy) is 4. The summed E-state index contributed by atoms with van der Waals surface area (Å²) in [6, 6.07) is 0. The molecule has 20 atom stereocenters. The highest BCUT2D eigenvalue weighted by atomic mass is 16.8. The van der Waals surface area contributed by atoms with Crippen LogP contribution in [0.1, 0.15) is 113 Å². The third-order valence-electron chi connectivity index (χ3n) is 16.6. The van der Waals surface area contributed by atoms with Crippen LogP contribution in [0.15, 0.2) is 11.6 Å². The summed E-state index contributed by atoms with van der Waals surface area (Å²) in [5, 5.41) is 97.4. The highest BCUT2D eigenvalue weighted by Gasteiger charge is 2.71. The number of aliphatic hydroxyl groups excluding tert-OH is 8. The lowest BCUT2D eigenvalue weighted by Crippen LogP contribution is -2.68. The molecule has 0 aromatic rings. The number of rotatable bonds is 10. The number of aliphatic hydroxyl groups is 9. The van der Waals surface area contributed by atoms with E-state index in [1.165, 1.54) is 5.57 Å². The highest BCUT2D eigenvalue weighted by Crippen LogP contribution is 2.76. The first-order chi connectivity index (χ1) is 25.6. The predicted octanol–water partition coefficient (Wildman–Crippen LogP) is 2.15. The maximum absolute atomic E-state index is 12.2. The van der Waals surface area contributed by atoms with Gasteiger partial charge < -0.3 is 64.9 Å². The molecule has 4 saturated carbocycles. The Hall–Kier alpha value is -0.780. The molecule has 55 heavy (non-hydrogen) atoms. The Morgan fingerprint density at radius 2 is 1.33 bits per heavy atom. The van der Waals surface area contributed by atoms with Crippen LogP contribution < -0.4 is 0 Å².